The number of Topliss-reactive ketones (excluding diaryl/α,β-unsaturated/α-hetero) is 1. The lowest BCUT2D eigenvalue weighted by atomic mass is 9.65. The highest BCUT2D eigenvalue weighted by Gasteiger charge is 2.59. The van der Waals surface area contributed by atoms with Gasteiger partial charge in [0.05, 0.1) is 35.1 Å². The number of ether oxygens (including phenoxy) is 1. The molecule has 3 aliphatic heterocycles. The fourth-order valence-electron chi connectivity index (χ4n) is 9.25. The summed E-state index contributed by atoms with van der Waals surface area (Å²) in [6, 6.07) is 6.32. The Morgan fingerprint density at radius 3 is 2.74 bits per heavy atom. The number of morpholine rings is 1. The van der Waals surface area contributed by atoms with Crippen LogP contribution in [-0.4, -0.2) is 94.1 Å². The summed E-state index contributed by atoms with van der Waals surface area (Å²) in [5, 5.41) is 2.73. The van der Waals surface area contributed by atoms with Crippen molar-refractivity contribution in [3.05, 3.63) is 41.9 Å². The predicted molar refractivity (Wildman–Crippen MR) is 166 cm³/mol. The molecule has 3 aliphatic carbocycles. The Hall–Kier alpha value is -1.97. The Morgan fingerprint density at radius 1 is 1.14 bits per heavy atom. The van der Waals surface area contributed by atoms with Crippen LogP contribution in [0.4, 0.5) is 4.39 Å². The number of amides is 1. The molecule has 9 heteroatoms. The lowest BCUT2D eigenvalue weighted by Crippen LogP contribution is -2.71. The molecule has 1 amide bonds. The molecule has 1 aromatic heterocycles. The molecule has 7 nitrogen and oxygen atoms in total. The number of thioether (sulfide) groups is 1. The number of carbonyl (C=O) groups is 2. The van der Waals surface area contributed by atoms with E-state index in [0.717, 1.165) is 50.1 Å². The van der Waals surface area contributed by atoms with Crippen LogP contribution in [0.5, 0.6) is 0 Å². The summed E-state index contributed by atoms with van der Waals surface area (Å²) in [5.41, 5.74) is 1.23. The third kappa shape index (κ3) is 5.90. The zero-order valence-corrected chi connectivity index (χ0v) is 26.2. The normalized spacial score (nSPS) is 39.0. The molecule has 43 heavy (non-hydrogen) atoms. The first kappa shape index (κ1) is 29.7. The third-order valence-corrected chi connectivity index (χ3v) is 12.9. The van der Waals surface area contributed by atoms with Gasteiger partial charge in [0, 0.05) is 36.6 Å². The first-order valence-corrected chi connectivity index (χ1v) is 17.9. The van der Waals surface area contributed by atoms with Gasteiger partial charge in [-0.2, -0.15) is 11.8 Å². The Kier molecular flexibility index (Phi) is 8.85. The summed E-state index contributed by atoms with van der Waals surface area (Å²) in [6.45, 7) is 1.65. The minimum absolute atomic E-state index is 0.0112. The maximum absolute atomic E-state index is 16.1. The molecule has 10 atom stereocenters. The highest BCUT2D eigenvalue weighted by Crippen LogP contribution is 2.51. The number of hydrogen-bond acceptors (Lipinski definition) is 7. The quantitative estimate of drug-likeness (QED) is 0.433. The van der Waals surface area contributed by atoms with Crippen LogP contribution in [-0.2, 0) is 20.7 Å². The zero-order chi connectivity index (χ0) is 29.5. The van der Waals surface area contributed by atoms with Crippen molar-refractivity contribution in [2.45, 2.75) is 112 Å². The van der Waals surface area contributed by atoms with Gasteiger partial charge in [-0.15, -0.1) is 0 Å². The number of hydrogen-bond donors (Lipinski definition) is 1. The van der Waals surface area contributed by atoms with Gasteiger partial charge >= 0.3 is 0 Å². The molecular weight excluding hydrogens is 563 g/mol. The standard InChI is InChI=1S/C34H47FN4O3S/c1-38-15-6-10-24(38)11-14-37-34(41)26-20-39-28-17-21-7-2-3-8-22(21)18-29(28)42-32-30(39)25(31(26)40)19-27(35)33(32)43-16-12-23-9-4-5-13-36-23/h4-5,9,13,20-22,24-25,27-30,32-33H,2-3,6-8,10-12,14-19H2,1H3,(H,37,41). The number of alkyl halides is 1. The van der Waals surface area contributed by atoms with Gasteiger partial charge in [0.1, 0.15) is 6.17 Å². The second-order valence-corrected chi connectivity index (χ2v) is 15.2. The highest BCUT2D eigenvalue weighted by atomic mass is 32.2. The topological polar surface area (TPSA) is 74.8 Å². The van der Waals surface area contributed by atoms with Crippen molar-refractivity contribution in [1.82, 2.24) is 20.1 Å². The molecule has 1 N–H and O–H groups in total. The van der Waals surface area contributed by atoms with Crippen LogP contribution in [0.3, 0.4) is 0 Å². The molecule has 5 fully saturated rings. The van der Waals surface area contributed by atoms with Crippen molar-refractivity contribution in [3.63, 3.8) is 0 Å². The van der Waals surface area contributed by atoms with Gasteiger partial charge in [-0.05, 0) is 88.3 Å². The van der Waals surface area contributed by atoms with Crippen molar-refractivity contribution in [2.75, 3.05) is 25.9 Å². The molecule has 0 spiro atoms. The van der Waals surface area contributed by atoms with E-state index in [1.807, 2.05) is 24.4 Å². The van der Waals surface area contributed by atoms with E-state index in [9.17, 15) is 9.59 Å². The van der Waals surface area contributed by atoms with Crippen LogP contribution in [0.25, 0.3) is 0 Å². The van der Waals surface area contributed by atoms with E-state index in [1.54, 1.807) is 18.0 Å². The summed E-state index contributed by atoms with van der Waals surface area (Å²) < 4.78 is 23.1. The van der Waals surface area contributed by atoms with Crippen LogP contribution in [0.2, 0.25) is 0 Å². The van der Waals surface area contributed by atoms with Crippen molar-refractivity contribution < 1.29 is 18.7 Å². The van der Waals surface area contributed by atoms with Crippen LogP contribution in [0.15, 0.2) is 36.2 Å². The van der Waals surface area contributed by atoms with Gasteiger partial charge in [-0.25, -0.2) is 4.39 Å². The lowest BCUT2D eigenvalue weighted by Gasteiger charge is -2.60. The van der Waals surface area contributed by atoms with Gasteiger partial charge in [-0.3, -0.25) is 14.6 Å². The molecule has 7 rings (SSSR count). The minimum atomic E-state index is -1.16. The molecule has 234 valence electrons. The van der Waals surface area contributed by atoms with Gasteiger partial charge < -0.3 is 19.9 Å². The number of pyridine rings is 1. The summed E-state index contributed by atoms with van der Waals surface area (Å²) in [6.07, 6.45) is 13.4. The number of likely N-dealkylation sites (tertiary alicyclic amines) is 1. The number of aromatic nitrogens is 1. The van der Waals surface area contributed by atoms with Crippen molar-refractivity contribution >= 4 is 23.5 Å². The number of halogens is 1. The molecule has 2 saturated heterocycles. The average Bonchev–Trinajstić information content (AvgIpc) is 3.43. The average molecular weight is 611 g/mol. The summed E-state index contributed by atoms with van der Waals surface area (Å²) in [4.78, 5) is 36.6. The van der Waals surface area contributed by atoms with E-state index >= 15 is 4.39 Å². The monoisotopic (exact) mass is 610 g/mol. The minimum Gasteiger partial charge on any atom is -0.369 e. The van der Waals surface area contributed by atoms with Gasteiger partial charge in [0.25, 0.3) is 5.91 Å². The number of aryl methyl sites for hydroxylation is 1. The molecule has 0 aromatic carbocycles. The maximum atomic E-state index is 16.1. The van der Waals surface area contributed by atoms with Crippen LogP contribution >= 0.6 is 11.8 Å². The molecule has 0 bridgehead atoms. The fourth-order valence-corrected chi connectivity index (χ4v) is 10.6. The Morgan fingerprint density at radius 2 is 1.98 bits per heavy atom. The molecule has 6 aliphatic rings. The number of carbonyl (C=O) groups excluding carboxylic acids is 2. The maximum Gasteiger partial charge on any atom is 0.256 e. The lowest BCUT2D eigenvalue weighted by molar-refractivity contribution is -0.197. The number of rotatable bonds is 8. The molecule has 0 radical (unpaired) electrons. The first-order valence-electron chi connectivity index (χ1n) is 16.8. The van der Waals surface area contributed by atoms with E-state index in [2.05, 4.69) is 27.1 Å². The van der Waals surface area contributed by atoms with E-state index < -0.39 is 12.1 Å². The highest BCUT2D eigenvalue weighted by molar-refractivity contribution is 8.00. The van der Waals surface area contributed by atoms with Crippen molar-refractivity contribution in [1.29, 1.82) is 0 Å². The Bertz CT molecular complexity index is 1200. The van der Waals surface area contributed by atoms with E-state index in [-0.39, 0.29) is 53.2 Å². The largest absolute Gasteiger partial charge is 0.369 e. The van der Waals surface area contributed by atoms with Crippen LogP contribution < -0.4 is 5.32 Å². The predicted octanol–water partition coefficient (Wildman–Crippen LogP) is 4.56. The fraction of sp³-hybridized carbons (Fsp3) is 0.735. The van der Waals surface area contributed by atoms with E-state index in [1.165, 1.54) is 32.1 Å². The van der Waals surface area contributed by atoms with Gasteiger partial charge in [0.2, 0.25) is 0 Å². The number of ketones is 1. The number of fused-ring (bicyclic) bond motifs is 3. The molecule has 1 aromatic rings. The van der Waals surface area contributed by atoms with Crippen LogP contribution in [0.1, 0.15) is 69.9 Å². The van der Waals surface area contributed by atoms with Crippen LogP contribution in [0, 0.1) is 17.8 Å². The van der Waals surface area contributed by atoms with E-state index in [0.29, 0.717) is 24.4 Å². The number of nitrogens with zero attached hydrogens (tertiary/aromatic N) is 3. The SMILES string of the molecule is CN1CCCC1CCNC(=O)C1=CN2C3CC4CCCCC4CC3OC3C(SCCc4ccccn4)C(F)CC(C1=O)C32. The second kappa shape index (κ2) is 12.8. The van der Waals surface area contributed by atoms with Gasteiger partial charge in [0.15, 0.2) is 5.78 Å². The summed E-state index contributed by atoms with van der Waals surface area (Å²) >= 11 is 1.64. The molecular formula is C34H47FN4O3S. The van der Waals surface area contributed by atoms with E-state index in [4.69, 9.17) is 4.74 Å². The Labute approximate surface area is 259 Å². The smallest absolute Gasteiger partial charge is 0.256 e. The molecule has 4 heterocycles. The van der Waals surface area contributed by atoms with Crippen molar-refractivity contribution in [2.24, 2.45) is 17.8 Å². The number of nitrogens with one attached hydrogen (secondary N) is 1. The molecule has 10 unspecified atom stereocenters. The van der Waals surface area contributed by atoms with Gasteiger partial charge in [-0.1, -0.05) is 31.7 Å². The second-order valence-electron chi connectivity index (χ2n) is 13.9. The summed E-state index contributed by atoms with van der Waals surface area (Å²) in [5.74, 6) is 1.04. The molecule has 3 saturated carbocycles. The first-order chi connectivity index (χ1) is 21.0. The Balaban J connectivity index is 1.12. The zero-order valence-electron chi connectivity index (χ0n) is 25.4. The van der Waals surface area contributed by atoms with Crippen molar-refractivity contribution in [3.8, 4) is 0 Å². The third-order valence-electron chi connectivity index (χ3n) is 11.5. The summed E-state index contributed by atoms with van der Waals surface area (Å²) in [7, 11) is 2.14.